The summed E-state index contributed by atoms with van der Waals surface area (Å²) in [6.45, 7) is 23.2. The van der Waals surface area contributed by atoms with Crippen molar-refractivity contribution in [3.8, 4) is 5.75 Å². The predicted molar refractivity (Wildman–Crippen MR) is 334 cm³/mol. The molecule has 1 aromatic carbocycles. The topological polar surface area (TPSA) is 445 Å². The smallest absolute Gasteiger partial charge is 0.407 e. The number of phenolic OH excluding ortho intramolecular Hbond substituents is 1. The Morgan fingerprint density at radius 3 is 2.06 bits per heavy atom. The molecule has 3 aliphatic carbocycles. The normalized spacial score (nSPS) is 40.9. The first-order valence-corrected chi connectivity index (χ1v) is 32.5. The molecule has 1 saturated carbocycles. The Kier molecular flexibility index (Phi) is 25.0. The SMILES string of the molecule is CC[C@H]1OC(=O)[C@H](C)[C@@H](OC2CC(C)(OC)C(OC(=O)NCCCCCC(=O)O)C(C)O2)C(C)[C@@H](OC2OC(C)CC(C)C2O)[C@](C)(O)C[C@@H](C)[C@H](C)[C@H](C)[C@@H](O)[C@]1(C)O.C[C@@]1(O)c2cccc(O)c2C(O)=C2C(=O)[C@]3(O)C(O)=C(C(N)=O)C(=O)[C@@H](NCCN)[C@@H]3C[C@@H]21. The zero-order chi connectivity index (χ0) is 69.9. The number of carboxylic acid groups (broad SMARTS) is 1. The third-order valence-corrected chi connectivity index (χ3v) is 20.8. The summed E-state index contributed by atoms with van der Waals surface area (Å²) in [4.78, 5) is 76.7. The molecule has 16 N–H and O–H groups in total. The molecule has 0 radical (unpaired) electrons. The lowest BCUT2D eigenvalue weighted by atomic mass is 9.54. The fourth-order valence-electron chi connectivity index (χ4n) is 15.1. The molecule has 4 fully saturated rings. The fourth-order valence-corrected chi connectivity index (χ4v) is 15.1. The molecule has 9 unspecified atom stereocenters. The number of aliphatic carboxylic acids is 1. The predicted octanol–water partition coefficient (Wildman–Crippen LogP) is 3.55. The first-order valence-electron chi connectivity index (χ1n) is 32.5. The minimum Gasteiger partial charge on any atom is -0.508 e. The Hall–Kier alpha value is -5.40. The molecule has 0 bridgehead atoms. The zero-order valence-corrected chi connectivity index (χ0v) is 56.1. The third kappa shape index (κ3) is 15.7. The van der Waals surface area contributed by atoms with Gasteiger partial charge in [0.15, 0.2) is 30.1 Å². The lowest BCUT2D eigenvalue weighted by molar-refractivity contribution is -0.318. The second-order valence-corrected chi connectivity index (χ2v) is 27.8. The van der Waals surface area contributed by atoms with Crippen molar-refractivity contribution < 1.29 is 113 Å². The Balaban J connectivity index is 0.000000347. The van der Waals surface area contributed by atoms with Gasteiger partial charge < -0.3 is 106 Å². The first kappa shape index (κ1) is 76.6. The van der Waals surface area contributed by atoms with Crippen molar-refractivity contribution in [3.05, 3.63) is 46.2 Å². The maximum Gasteiger partial charge on any atom is 0.407 e. The average Bonchev–Trinajstić information content (AvgIpc) is 0.692. The largest absolute Gasteiger partial charge is 0.508 e. The highest BCUT2D eigenvalue weighted by Crippen LogP contribution is 2.57. The van der Waals surface area contributed by atoms with Gasteiger partial charge in [0.25, 0.3) is 5.91 Å². The molecule has 526 valence electrons. The van der Waals surface area contributed by atoms with E-state index in [2.05, 4.69) is 10.6 Å². The van der Waals surface area contributed by atoms with Gasteiger partial charge >= 0.3 is 18.0 Å². The van der Waals surface area contributed by atoms with Gasteiger partial charge in [-0.3, -0.25) is 24.0 Å². The Bertz CT molecular complexity index is 2920. The summed E-state index contributed by atoms with van der Waals surface area (Å²) >= 11 is 0. The number of benzene rings is 1. The number of carbonyl (C=O) groups excluding carboxylic acids is 5. The number of phenols is 1. The fraction of sp³-hybridized carbons (Fsp3) is 0.758. The van der Waals surface area contributed by atoms with E-state index in [0.717, 1.165) is 0 Å². The number of Topliss-reactive ketones (excluding diaryl/α,β-unsaturated/α-hetero) is 2. The molecule has 2 amide bonds. The van der Waals surface area contributed by atoms with Crippen molar-refractivity contribution >= 4 is 41.3 Å². The summed E-state index contributed by atoms with van der Waals surface area (Å²) < 4.78 is 43.9. The third-order valence-electron chi connectivity index (χ3n) is 20.8. The number of nitrogens with one attached hydrogen (secondary N) is 2. The number of unbranched alkanes of at least 4 members (excludes halogenated alkanes) is 2. The van der Waals surface area contributed by atoms with E-state index in [-0.39, 0.29) is 80.2 Å². The van der Waals surface area contributed by atoms with Gasteiger partial charge in [-0.2, -0.15) is 0 Å². The number of ketones is 2. The number of aliphatic hydroxyl groups is 8. The highest BCUT2D eigenvalue weighted by molar-refractivity contribution is 6.24. The van der Waals surface area contributed by atoms with Gasteiger partial charge in [0.05, 0.1) is 59.2 Å². The second kappa shape index (κ2) is 30.3. The van der Waals surface area contributed by atoms with Crippen LogP contribution in [0.5, 0.6) is 5.75 Å². The van der Waals surface area contributed by atoms with E-state index in [1.54, 1.807) is 41.5 Å². The summed E-state index contributed by atoms with van der Waals surface area (Å²) in [5.41, 5.74) is 0.235. The summed E-state index contributed by atoms with van der Waals surface area (Å²) in [5, 5.41) is 117. The standard InChI is InChI=1S/C44H79NO15.C22H25N3O8/c1-14-31-44(12,53)36(49)27(6)26(5)24(3)21-42(10,52)37(59-40-34(48)23(2)20-25(4)55-40)28(7)35(29(8)39(50)57-31)58-33-22-43(11,54-13)38(30(9)56-33)60-41(51)45-19-17-15-16-18-32(46)47;1-21(32)8-3-2-4-11(26)12(8)16(27)13-9(21)7-10-15(25-6-5-23)17(28)14(20(24)31)19(30)22(10,33)18(13)29/h23-31,33-38,40,48-49,52-53H,14-22H2,1-13H3,(H,45,51)(H,46,47);2-4,9-10,15,25-27,30,32-33H,5-7,23H2,1H3,(H2,24,31)/t23?,24-,25?,26+,27+,28?,29-,30?,31-,33?,34?,35+,36-,37-,38?,40?,42-,43?,44-;9-,10-,15-,21+,22-/m10/s1. The Labute approximate surface area is 543 Å². The molecule has 0 spiro atoms. The van der Waals surface area contributed by atoms with Crippen LogP contribution in [0.15, 0.2) is 35.1 Å². The lowest BCUT2D eigenvalue weighted by Gasteiger charge is -2.52. The summed E-state index contributed by atoms with van der Waals surface area (Å²) in [7, 11) is 1.49. The molecular formula is C66H104N4O23. The van der Waals surface area contributed by atoms with Crippen LogP contribution in [-0.2, 0) is 62.7 Å². The van der Waals surface area contributed by atoms with Gasteiger partial charge in [0.2, 0.25) is 5.78 Å². The van der Waals surface area contributed by atoms with Crippen LogP contribution in [-0.4, -0.2) is 203 Å². The number of aromatic hydroxyl groups is 1. The molecule has 7 rings (SSSR count). The molecule has 27 heteroatoms. The van der Waals surface area contributed by atoms with Gasteiger partial charge in [-0.25, -0.2) is 4.79 Å². The van der Waals surface area contributed by atoms with Crippen LogP contribution in [0.1, 0.15) is 159 Å². The van der Waals surface area contributed by atoms with E-state index < -0.39 is 183 Å². The number of carbonyl (C=O) groups is 6. The Morgan fingerprint density at radius 1 is 0.806 bits per heavy atom. The van der Waals surface area contributed by atoms with Crippen LogP contribution >= 0.6 is 0 Å². The van der Waals surface area contributed by atoms with Crippen molar-refractivity contribution in [2.45, 2.75) is 243 Å². The summed E-state index contributed by atoms with van der Waals surface area (Å²) in [5.74, 6) is -12.7. The number of rotatable bonds is 17. The molecule has 27 nitrogen and oxygen atoms in total. The van der Waals surface area contributed by atoms with Crippen molar-refractivity contribution in [1.82, 2.24) is 10.6 Å². The number of aliphatic hydroxyl groups excluding tert-OH is 4. The highest BCUT2D eigenvalue weighted by atomic mass is 16.7. The van der Waals surface area contributed by atoms with Crippen LogP contribution < -0.4 is 22.1 Å². The monoisotopic (exact) mass is 1320 g/mol. The molecule has 3 saturated heterocycles. The number of hydrogen-bond acceptors (Lipinski definition) is 24. The molecule has 93 heavy (non-hydrogen) atoms. The minimum atomic E-state index is -2.79. The van der Waals surface area contributed by atoms with E-state index >= 15 is 0 Å². The molecular weight excluding hydrogens is 1220 g/mol. The van der Waals surface area contributed by atoms with Crippen LogP contribution in [0.3, 0.4) is 0 Å². The van der Waals surface area contributed by atoms with Gasteiger partial charge in [-0.1, -0.05) is 60.1 Å². The molecule has 3 aliphatic heterocycles. The van der Waals surface area contributed by atoms with E-state index in [1.807, 2.05) is 34.6 Å². The quantitative estimate of drug-likeness (QED) is 0.0602. The molecule has 0 aromatic heterocycles. The van der Waals surface area contributed by atoms with Crippen LogP contribution in [0.25, 0.3) is 5.76 Å². The van der Waals surface area contributed by atoms with E-state index in [9.17, 15) is 74.7 Å². The van der Waals surface area contributed by atoms with Gasteiger partial charge in [0, 0.05) is 62.9 Å². The second-order valence-electron chi connectivity index (χ2n) is 27.8. The summed E-state index contributed by atoms with van der Waals surface area (Å²) in [6.07, 6.45) is -7.66. The molecule has 6 aliphatic rings. The van der Waals surface area contributed by atoms with Crippen molar-refractivity contribution in [1.29, 1.82) is 0 Å². The number of ether oxygens (including phenoxy) is 7. The minimum absolute atomic E-state index is 0.0539. The number of carboxylic acids is 1. The average molecular weight is 1320 g/mol. The summed E-state index contributed by atoms with van der Waals surface area (Å²) in [6, 6.07) is 2.87. The maximum atomic E-state index is 14.3. The number of esters is 1. The number of amides is 2. The van der Waals surface area contributed by atoms with E-state index in [4.69, 9.17) is 49.7 Å². The lowest BCUT2D eigenvalue weighted by Crippen LogP contribution is -2.67. The number of cyclic esters (lactones) is 1. The van der Waals surface area contributed by atoms with Crippen molar-refractivity contribution in [2.24, 2.45) is 58.8 Å². The van der Waals surface area contributed by atoms with E-state index in [0.29, 0.717) is 32.2 Å². The maximum absolute atomic E-state index is 14.3. The van der Waals surface area contributed by atoms with Crippen LogP contribution in [0, 0.1) is 47.3 Å². The van der Waals surface area contributed by atoms with Gasteiger partial charge in [0.1, 0.15) is 46.3 Å². The number of nitrogens with two attached hydrogens (primary N) is 2. The van der Waals surface area contributed by atoms with Gasteiger partial charge in [-0.05, 0) is 122 Å². The number of hydrogen-bond donors (Lipinski definition) is 14. The number of primary amides is 1. The number of fused-ring (bicyclic) bond motifs is 3. The van der Waals surface area contributed by atoms with Crippen LogP contribution in [0.2, 0.25) is 0 Å². The van der Waals surface area contributed by atoms with Crippen molar-refractivity contribution in [2.75, 3.05) is 26.7 Å². The van der Waals surface area contributed by atoms with Crippen molar-refractivity contribution in [3.63, 3.8) is 0 Å². The van der Waals surface area contributed by atoms with E-state index in [1.165, 1.54) is 39.2 Å². The first-order chi connectivity index (χ1) is 43.2. The highest BCUT2D eigenvalue weighted by Gasteiger charge is 2.66. The van der Waals surface area contributed by atoms with Crippen LogP contribution in [0.4, 0.5) is 4.79 Å². The molecule has 24 atom stereocenters. The number of methoxy groups -OCH3 is 1. The molecule has 3 heterocycles. The zero-order valence-electron chi connectivity index (χ0n) is 56.1. The molecule has 1 aromatic rings. The number of alkyl carbamates (subject to hydrolysis) is 1. The Morgan fingerprint density at radius 2 is 1.46 bits per heavy atom. The van der Waals surface area contributed by atoms with Gasteiger partial charge in [-0.15, -0.1) is 0 Å².